The number of aryl methyl sites for hydroxylation is 1. The summed E-state index contributed by atoms with van der Waals surface area (Å²) >= 11 is 0. The normalized spacial score (nSPS) is 16.7. The molecule has 8 nitrogen and oxygen atoms in total. The van der Waals surface area contributed by atoms with Crippen LogP contribution in [0.4, 0.5) is 4.79 Å². The van der Waals surface area contributed by atoms with Crippen molar-refractivity contribution in [2.75, 3.05) is 20.3 Å². The first kappa shape index (κ1) is 28.4. The van der Waals surface area contributed by atoms with Crippen LogP contribution in [0.1, 0.15) is 55.8 Å². The fourth-order valence-corrected chi connectivity index (χ4v) is 4.93. The van der Waals surface area contributed by atoms with Gasteiger partial charge in [0, 0.05) is 18.6 Å². The lowest BCUT2D eigenvalue weighted by Gasteiger charge is -2.25. The summed E-state index contributed by atoms with van der Waals surface area (Å²) in [5, 5.41) is 20.3. The van der Waals surface area contributed by atoms with E-state index in [9.17, 15) is 14.7 Å². The number of carbonyl (C=O) groups excluding carboxylic acids is 2. The van der Waals surface area contributed by atoms with Gasteiger partial charge in [0.2, 0.25) is 5.91 Å². The molecule has 1 aliphatic heterocycles. The molecule has 2 amide bonds. The van der Waals surface area contributed by atoms with Crippen LogP contribution in [0.25, 0.3) is 11.1 Å². The van der Waals surface area contributed by atoms with Crippen LogP contribution >= 0.6 is 0 Å². The largest absolute Gasteiger partial charge is 0.497 e. The Morgan fingerprint density at radius 2 is 1.85 bits per heavy atom. The summed E-state index contributed by atoms with van der Waals surface area (Å²) < 4.78 is 16.8. The lowest BCUT2D eigenvalue weighted by Crippen LogP contribution is -2.44. The number of carbonyl (C=O) groups is 2. The number of amides is 2. The van der Waals surface area contributed by atoms with E-state index >= 15 is 0 Å². The van der Waals surface area contributed by atoms with Gasteiger partial charge in [-0.25, -0.2) is 9.69 Å². The number of aliphatic hydroxyl groups is 2. The summed E-state index contributed by atoms with van der Waals surface area (Å²) in [5.74, 6) is 0.242. The van der Waals surface area contributed by atoms with Gasteiger partial charge >= 0.3 is 6.09 Å². The zero-order valence-corrected chi connectivity index (χ0v) is 22.5. The van der Waals surface area contributed by atoms with Crippen LogP contribution < -0.4 is 4.74 Å². The number of hydrogen-bond acceptors (Lipinski definition) is 7. The van der Waals surface area contributed by atoms with E-state index in [1.165, 1.54) is 0 Å². The van der Waals surface area contributed by atoms with Crippen molar-refractivity contribution in [1.29, 1.82) is 0 Å². The second kappa shape index (κ2) is 13.4. The van der Waals surface area contributed by atoms with E-state index in [-0.39, 0.29) is 19.0 Å². The minimum absolute atomic E-state index is 0.115. The summed E-state index contributed by atoms with van der Waals surface area (Å²) in [7, 11) is 1.60. The minimum atomic E-state index is -1.25. The average Bonchev–Trinajstić information content (AvgIpc) is 3.55. The standard InChI is InChI=1S/C31H37NO7/c1-21(30(35)32-24(20-38-31(32)36)17-22-11-6-5-7-12-22)29(34)28-19-26(23-13-10-14-25(18-23)37-2)27(39-28)15-8-3-4-9-16-33/h5-7,10-14,18-19,21,24,29,33-34H,3-4,8-9,15-17,20H2,1-2H3/t21-,24-,29-/m0/s1. The van der Waals surface area contributed by atoms with Gasteiger partial charge in [0.25, 0.3) is 0 Å². The highest BCUT2D eigenvalue weighted by Gasteiger charge is 2.42. The lowest BCUT2D eigenvalue weighted by molar-refractivity contribution is -0.137. The van der Waals surface area contributed by atoms with Crippen LogP contribution in [0, 0.1) is 5.92 Å². The van der Waals surface area contributed by atoms with Crippen molar-refractivity contribution in [3.05, 3.63) is 77.7 Å². The first-order valence-corrected chi connectivity index (χ1v) is 13.5. The van der Waals surface area contributed by atoms with Gasteiger partial charge in [-0.05, 0) is 48.6 Å². The molecule has 0 unspecified atom stereocenters. The van der Waals surface area contributed by atoms with Crippen molar-refractivity contribution in [2.45, 2.75) is 57.6 Å². The van der Waals surface area contributed by atoms with Crippen molar-refractivity contribution in [3.63, 3.8) is 0 Å². The van der Waals surface area contributed by atoms with E-state index in [0.717, 1.165) is 47.3 Å². The number of ether oxygens (including phenoxy) is 2. The van der Waals surface area contributed by atoms with E-state index in [1.807, 2.05) is 54.6 Å². The number of imide groups is 1. The molecular weight excluding hydrogens is 498 g/mol. The zero-order valence-electron chi connectivity index (χ0n) is 22.5. The zero-order chi connectivity index (χ0) is 27.8. The number of cyclic esters (lactones) is 1. The fourth-order valence-electron chi connectivity index (χ4n) is 4.93. The summed E-state index contributed by atoms with van der Waals surface area (Å²) in [5.41, 5.74) is 2.70. The summed E-state index contributed by atoms with van der Waals surface area (Å²) in [4.78, 5) is 27.1. The van der Waals surface area contributed by atoms with Gasteiger partial charge in [-0.3, -0.25) is 4.79 Å². The SMILES string of the molecule is COc1cccc(-c2cc([C@@H](O)[C@H](C)C(=O)N3C(=O)OC[C@@H]3Cc3ccccc3)oc2CCCCCCO)c1. The van der Waals surface area contributed by atoms with E-state index in [2.05, 4.69) is 0 Å². The van der Waals surface area contributed by atoms with E-state index in [4.69, 9.17) is 19.0 Å². The Kier molecular flexibility index (Phi) is 9.79. The third-order valence-electron chi connectivity index (χ3n) is 7.19. The smallest absolute Gasteiger partial charge is 0.416 e. The molecule has 0 aliphatic carbocycles. The molecule has 2 aromatic carbocycles. The number of nitrogens with zero attached hydrogens (tertiary/aromatic N) is 1. The summed E-state index contributed by atoms with van der Waals surface area (Å²) in [6.07, 6.45) is 2.64. The summed E-state index contributed by atoms with van der Waals surface area (Å²) in [6.45, 7) is 1.89. The maximum Gasteiger partial charge on any atom is 0.416 e. The molecule has 0 radical (unpaired) electrons. The predicted octanol–water partition coefficient (Wildman–Crippen LogP) is 5.31. The minimum Gasteiger partial charge on any atom is -0.497 e. The predicted molar refractivity (Wildman–Crippen MR) is 146 cm³/mol. The van der Waals surface area contributed by atoms with E-state index < -0.39 is 30.1 Å². The number of hydrogen-bond donors (Lipinski definition) is 2. The van der Waals surface area contributed by atoms with E-state index in [0.29, 0.717) is 24.4 Å². The molecule has 1 saturated heterocycles. The van der Waals surface area contributed by atoms with Crippen LogP contribution in [0.15, 0.2) is 65.1 Å². The van der Waals surface area contributed by atoms with Crippen molar-refractivity contribution in [3.8, 4) is 16.9 Å². The van der Waals surface area contributed by atoms with Crippen molar-refractivity contribution in [2.24, 2.45) is 5.92 Å². The second-order valence-electron chi connectivity index (χ2n) is 9.97. The molecule has 2 N–H and O–H groups in total. The number of methoxy groups -OCH3 is 1. The number of aliphatic hydroxyl groups excluding tert-OH is 2. The number of benzene rings is 2. The number of furan rings is 1. The highest BCUT2D eigenvalue weighted by Crippen LogP contribution is 2.36. The van der Waals surface area contributed by atoms with Gasteiger partial charge in [0.05, 0.1) is 19.1 Å². The Hall–Kier alpha value is -3.62. The first-order valence-electron chi connectivity index (χ1n) is 13.5. The molecule has 1 aromatic heterocycles. The second-order valence-corrected chi connectivity index (χ2v) is 9.97. The first-order chi connectivity index (χ1) is 18.9. The molecular formula is C31H37NO7. The Bertz CT molecular complexity index is 1240. The van der Waals surface area contributed by atoms with Gasteiger partial charge < -0.3 is 24.1 Å². The van der Waals surface area contributed by atoms with Gasteiger partial charge in [0.15, 0.2) is 0 Å². The molecule has 4 rings (SSSR count). The molecule has 0 bridgehead atoms. The molecule has 1 aliphatic rings. The van der Waals surface area contributed by atoms with Gasteiger partial charge in [0.1, 0.15) is 30.0 Å². The highest BCUT2D eigenvalue weighted by atomic mass is 16.6. The number of rotatable bonds is 13. The fraction of sp³-hybridized carbons (Fsp3) is 0.419. The van der Waals surface area contributed by atoms with Gasteiger partial charge in [-0.1, -0.05) is 62.2 Å². The van der Waals surface area contributed by atoms with Crippen LogP contribution in [0.2, 0.25) is 0 Å². The van der Waals surface area contributed by atoms with Crippen molar-refractivity contribution >= 4 is 12.0 Å². The third-order valence-corrected chi connectivity index (χ3v) is 7.19. The average molecular weight is 536 g/mol. The molecule has 0 spiro atoms. The molecule has 0 saturated carbocycles. The Balaban J connectivity index is 1.54. The van der Waals surface area contributed by atoms with Crippen molar-refractivity contribution < 1.29 is 33.7 Å². The third kappa shape index (κ3) is 6.88. The Labute approximate surface area is 229 Å². The molecule has 3 aromatic rings. The van der Waals surface area contributed by atoms with Crippen LogP contribution in [0.3, 0.4) is 0 Å². The van der Waals surface area contributed by atoms with Gasteiger partial charge in [-0.2, -0.15) is 0 Å². The topological polar surface area (TPSA) is 109 Å². The summed E-state index contributed by atoms with van der Waals surface area (Å²) in [6, 6.07) is 18.5. The monoisotopic (exact) mass is 535 g/mol. The Morgan fingerprint density at radius 1 is 1.08 bits per heavy atom. The molecule has 208 valence electrons. The molecule has 8 heteroatoms. The maximum absolute atomic E-state index is 13.5. The van der Waals surface area contributed by atoms with E-state index in [1.54, 1.807) is 20.1 Å². The molecule has 3 atom stereocenters. The van der Waals surface area contributed by atoms with Crippen molar-refractivity contribution in [1.82, 2.24) is 4.90 Å². The van der Waals surface area contributed by atoms with Crippen LogP contribution in [-0.2, 0) is 22.4 Å². The highest BCUT2D eigenvalue weighted by molar-refractivity contribution is 5.95. The van der Waals surface area contributed by atoms with Gasteiger partial charge in [-0.15, -0.1) is 0 Å². The molecule has 1 fully saturated rings. The quantitative estimate of drug-likeness (QED) is 0.286. The lowest BCUT2D eigenvalue weighted by atomic mass is 9.97. The maximum atomic E-state index is 13.5. The van der Waals surface area contributed by atoms with Crippen LogP contribution in [-0.4, -0.2) is 53.5 Å². The number of unbranched alkanes of at least 4 members (excludes halogenated alkanes) is 3. The Morgan fingerprint density at radius 3 is 2.59 bits per heavy atom. The van der Waals surface area contributed by atoms with Crippen LogP contribution in [0.5, 0.6) is 5.75 Å². The molecule has 2 heterocycles. The molecule has 39 heavy (non-hydrogen) atoms.